The molecule has 2 N–H and O–H groups in total. The minimum atomic E-state index is -0.258. The van der Waals surface area contributed by atoms with Crippen molar-refractivity contribution in [3.63, 3.8) is 0 Å². The number of benzene rings is 1. The number of ether oxygens (including phenoxy) is 1. The first kappa shape index (κ1) is 14.1. The van der Waals surface area contributed by atoms with E-state index in [9.17, 15) is 9.59 Å². The van der Waals surface area contributed by atoms with Crippen molar-refractivity contribution in [3.8, 4) is 5.75 Å². The van der Waals surface area contributed by atoms with Crippen molar-refractivity contribution in [1.82, 2.24) is 9.78 Å². The van der Waals surface area contributed by atoms with Crippen molar-refractivity contribution >= 4 is 23.2 Å². The molecule has 0 radical (unpaired) electrons. The molecule has 0 saturated carbocycles. The SMILES string of the molecule is CC(C)n1cc(NC(=O)c2ccc3c(c2)OCC(=O)N3)cn1. The lowest BCUT2D eigenvalue weighted by Gasteiger charge is -2.18. The summed E-state index contributed by atoms with van der Waals surface area (Å²) in [6.45, 7) is 3.97. The van der Waals surface area contributed by atoms with Crippen LogP contribution in [0.5, 0.6) is 5.75 Å². The van der Waals surface area contributed by atoms with Gasteiger partial charge >= 0.3 is 0 Å². The van der Waals surface area contributed by atoms with E-state index in [0.717, 1.165) is 0 Å². The normalized spacial score (nSPS) is 13.3. The summed E-state index contributed by atoms with van der Waals surface area (Å²) in [5.74, 6) is 0.0301. The molecule has 2 amide bonds. The van der Waals surface area contributed by atoms with E-state index >= 15 is 0 Å². The molecule has 7 nitrogen and oxygen atoms in total. The zero-order valence-corrected chi connectivity index (χ0v) is 12.3. The van der Waals surface area contributed by atoms with Crippen LogP contribution in [0.1, 0.15) is 30.2 Å². The van der Waals surface area contributed by atoms with E-state index in [1.807, 2.05) is 13.8 Å². The van der Waals surface area contributed by atoms with Crippen LogP contribution in [0, 0.1) is 0 Å². The van der Waals surface area contributed by atoms with Crippen LogP contribution >= 0.6 is 0 Å². The molecule has 0 fully saturated rings. The molecular formula is C15H16N4O3. The number of rotatable bonds is 3. The summed E-state index contributed by atoms with van der Waals surface area (Å²) in [5.41, 5.74) is 1.65. The average molecular weight is 300 g/mol. The third kappa shape index (κ3) is 2.78. The van der Waals surface area contributed by atoms with E-state index in [2.05, 4.69) is 15.7 Å². The number of anilines is 2. The van der Waals surface area contributed by atoms with Crippen LogP contribution in [0.15, 0.2) is 30.6 Å². The molecule has 3 rings (SSSR count). The first-order valence-electron chi connectivity index (χ1n) is 6.95. The number of amides is 2. The van der Waals surface area contributed by atoms with Crippen molar-refractivity contribution in [2.45, 2.75) is 19.9 Å². The summed E-state index contributed by atoms with van der Waals surface area (Å²) in [6.07, 6.45) is 3.38. The number of aromatic nitrogens is 2. The Morgan fingerprint density at radius 2 is 2.27 bits per heavy atom. The third-order valence-electron chi connectivity index (χ3n) is 3.27. The Hall–Kier alpha value is -2.83. The van der Waals surface area contributed by atoms with Gasteiger partial charge in [0.25, 0.3) is 11.8 Å². The predicted molar refractivity (Wildman–Crippen MR) is 81.1 cm³/mol. The monoisotopic (exact) mass is 300 g/mol. The van der Waals surface area contributed by atoms with Crippen molar-refractivity contribution < 1.29 is 14.3 Å². The van der Waals surface area contributed by atoms with Crippen molar-refractivity contribution in [2.75, 3.05) is 17.2 Å². The summed E-state index contributed by atoms with van der Waals surface area (Å²) in [6, 6.07) is 5.12. The minimum absolute atomic E-state index is 0.0424. The molecule has 1 aliphatic heterocycles. The second-order valence-electron chi connectivity index (χ2n) is 5.30. The van der Waals surface area contributed by atoms with Gasteiger partial charge in [-0.05, 0) is 32.0 Å². The quantitative estimate of drug-likeness (QED) is 0.908. The smallest absolute Gasteiger partial charge is 0.262 e. The summed E-state index contributed by atoms with van der Waals surface area (Å²) in [7, 11) is 0. The van der Waals surface area contributed by atoms with Gasteiger partial charge in [-0.1, -0.05) is 0 Å². The van der Waals surface area contributed by atoms with Gasteiger partial charge in [0.1, 0.15) is 5.75 Å². The number of carbonyl (C=O) groups is 2. The number of nitrogens with one attached hydrogen (secondary N) is 2. The Bertz CT molecular complexity index is 736. The van der Waals surface area contributed by atoms with E-state index in [-0.39, 0.29) is 24.5 Å². The third-order valence-corrected chi connectivity index (χ3v) is 3.27. The molecule has 0 bridgehead atoms. The largest absolute Gasteiger partial charge is 0.482 e. The number of fused-ring (bicyclic) bond motifs is 1. The van der Waals surface area contributed by atoms with Crippen LogP contribution < -0.4 is 15.4 Å². The zero-order chi connectivity index (χ0) is 15.7. The van der Waals surface area contributed by atoms with Gasteiger partial charge in [0.05, 0.1) is 17.6 Å². The highest BCUT2D eigenvalue weighted by molar-refractivity contribution is 6.05. The van der Waals surface area contributed by atoms with Crippen LogP contribution in [0.25, 0.3) is 0 Å². The molecule has 1 aromatic carbocycles. The minimum Gasteiger partial charge on any atom is -0.482 e. The lowest BCUT2D eigenvalue weighted by molar-refractivity contribution is -0.118. The maximum absolute atomic E-state index is 12.3. The molecule has 0 aliphatic carbocycles. The topological polar surface area (TPSA) is 85.2 Å². The predicted octanol–water partition coefficient (Wildman–Crippen LogP) is 2.05. The molecule has 7 heteroatoms. The number of hydrogen-bond donors (Lipinski definition) is 2. The van der Waals surface area contributed by atoms with Gasteiger partial charge in [0.15, 0.2) is 6.61 Å². The lowest BCUT2D eigenvalue weighted by atomic mass is 10.1. The fraction of sp³-hybridized carbons (Fsp3) is 0.267. The molecule has 1 aliphatic rings. The highest BCUT2D eigenvalue weighted by Crippen LogP contribution is 2.28. The Kier molecular flexibility index (Phi) is 3.54. The van der Waals surface area contributed by atoms with Crippen LogP contribution in [0.4, 0.5) is 11.4 Å². The molecule has 22 heavy (non-hydrogen) atoms. The summed E-state index contributed by atoms with van der Waals surface area (Å²) >= 11 is 0. The molecule has 2 heterocycles. The second kappa shape index (κ2) is 5.51. The first-order valence-corrected chi connectivity index (χ1v) is 6.95. The summed E-state index contributed by atoms with van der Waals surface area (Å²) in [4.78, 5) is 23.5. The molecule has 2 aromatic rings. The van der Waals surface area contributed by atoms with Crippen molar-refractivity contribution in [2.24, 2.45) is 0 Å². The van der Waals surface area contributed by atoms with Crippen molar-refractivity contribution in [1.29, 1.82) is 0 Å². The van der Waals surface area contributed by atoms with Crippen molar-refractivity contribution in [3.05, 3.63) is 36.2 Å². The van der Waals surface area contributed by atoms with Crippen LogP contribution in [0.3, 0.4) is 0 Å². The van der Waals surface area contributed by atoms with Crippen LogP contribution in [0.2, 0.25) is 0 Å². The van der Waals surface area contributed by atoms with E-state index < -0.39 is 0 Å². The standard InChI is InChI=1S/C15H16N4O3/c1-9(2)19-7-11(6-16-19)17-15(21)10-3-4-12-13(5-10)22-8-14(20)18-12/h3-7,9H,8H2,1-2H3,(H,17,21)(H,18,20). The van der Waals surface area contributed by atoms with Gasteiger partial charge in [-0.25, -0.2) is 0 Å². The van der Waals surface area contributed by atoms with Crippen LogP contribution in [-0.2, 0) is 4.79 Å². The summed E-state index contributed by atoms with van der Waals surface area (Å²) in [5, 5.41) is 9.64. The highest BCUT2D eigenvalue weighted by atomic mass is 16.5. The van der Waals surface area contributed by atoms with Gasteiger partial charge in [0, 0.05) is 17.8 Å². The maximum atomic E-state index is 12.3. The van der Waals surface area contributed by atoms with E-state index in [1.54, 1.807) is 35.3 Å². The Morgan fingerprint density at radius 3 is 3.00 bits per heavy atom. The van der Waals surface area contributed by atoms with E-state index in [4.69, 9.17) is 4.74 Å². The Morgan fingerprint density at radius 1 is 1.45 bits per heavy atom. The molecule has 0 spiro atoms. The fourth-order valence-electron chi connectivity index (χ4n) is 2.10. The van der Waals surface area contributed by atoms with Gasteiger partial charge in [-0.15, -0.1) is 0 Å². The van der Waals surface area contributed by atoms with Gasteiger partial charge in [0.2, 0.25) is 0 Å². The number of nitrogens with zero attached hydrogens (tertiary/aromatic N) is 2. The zero-order valence-electron chi connectivity index (χ0n) is 12.3. The number of carbonyl (C=O) groups excluding carboxylic acids is 2. The molecular weight excluding hydrogens is 284 g/mol. The van der Waals surface area contributed by atoms with Gasteiger partial charge in [-0.3, -0.25) is 14.3 Å². The highest BCUT2D eigenvalue weighted by Gasteiger charge is 2.18. The second-order valence-corrected chi connectivity index (χ2v) is 5.30. The van der Waals surface area contributed by atoms with Gasteiger partial charge < -0.3 is 15.4 Å². The molecule has 1 aromatic heterocycles. The summed E-state index contributed by atoms with van der Waals surface area (Å²) < 4.78 is 7.07. The fourth-order valence-corrected chi connectivity index (χ4v) is 2.10. The van der Waals surface area contributed by atoms with E-state index in [0.29, 0.717) is 22.7 Å². The Balaban J connectivity index is 1.76. The Labute approximate surface area is 127 Å². The average Bonchev–Trinajstić information content (AvgIpc) is 2.95. The maximum Gasteiger partial charge on any atom is 0.262 e. The number of hydrogen-bond acceptors (Lipinski definition) is 4. The van der Waals surface area contributed by atoms with Crippen LogP contribution in [-0.4, -0.2) is 28.2 Å². The lowest BCUT2D eigenvalue weighted by Crippen LogP contribution is -2.25. The molecule has 0 saturated heterocycles. The molecule has 0 atom stereocenters. The van der Waals surface area contributed by atoms with E-state index in [1.165, 1.54) is 0 Å². The molecule has 114 valence electrons. The first-order chi connectivity index (χ1) is 10.5. The molecule has 0 unspecified atom stereocenters. The van der Waals surface area contributed by atoms with Gasteiger partial charge in [-0.2, -0.15) is 5.10 Å².